The predicted molar refractivity (Wildman–Crippen MR) is 70.8 cm³/mol. The molecule has 0 radical (unpaired) electrons. The highest BCUT2D eigenvalue weighted by atomic mass is 15.1. The molecular weight excluding hydrogens is 196 g/mol. The quantitative estimate of drug-likeness (QED) is 0.694. The van der Waals surface area contributed by atoms with Crippen LogP contribution in [0.4, 0.5) is 0 Å². The van der Waals surface area contributed by atoms with Crippen molar-refractivity contribution < 1.29 is 0 Å². The molecule has 90 valence electrons. The van der Waals surface area contributed by atoms with Crippen molar-refractivity contribution >= 4 is 0 Å². The van der Waals surface area contributed by atoms with Crippen molar-refractivity contribution in [3.63, 3.8) is 0 Å². The number of nitrogens with zero attached hydrogens (tertiary/aromatic N) is 2. The molecule has 0 amide bonds. The Balaban J connectivity index is 2.11. The third-order valence-electron chi connectivity index (χ3n) is 2.78. The highest BCUT2D eigenvalue weighted by Gasteiger charge is 1.99. The van der Waals surface area contributed by atoms with Crippen LogP contribution in [0.3, 0.4) is 0 Å². The lowest BCUT2D eigenvalue weighted by Crippen LogP contribution is -2.29. The third kappa shape index (κ3) is 5.89. The maximum atomic E-state index is 2.41. The van der Waals surface area contributed by atoms with Crippen LogP contribution in [-0.2, 0) is 6.42 Å². The Morgan fingerprint density at radius 1 is 0.875 bits per heavy atom. The molecular formula is C14H24N2. The molecule has 2 nitrogen and oxygen atoms in total. The van der Waals surface area contributed by atoms with Crippen LogP contribution in [0.15, 0.2) is 30.3 Å². The van der Waals surface area contributed by atoms with E-state index in [4.69, 9.17) is 0 Å². The van der Waals surface area contributed by atoms with E-state index in [1.165, 1.54) is 24.9 Å². The van der Waals surface area contributed by atoms with Gasteiger partial charge in [0.05, 0.1) is 0 Å². The summed E-state index contributed by atoms with van der Waals surface area (Å²) in [6.45, 7) is 3.48. The Kier molecular flexibility index (Phi) is 6.12. The fourth-order valence-electron chi connectivity index (χ4n) is 1.68. The maximum Gasteiger partial charge on any atom is 0.0106 e. The van der Waals surface area contributed by atoms with Gasteiger partial charge in [-0.25, -0.2) is 0 Å². The van der Waals surface area contributed by atoms with E-state index >= 15 is 0 Å². The van der Waals surface area contributed by atoms with E-state index in [1.54, 1.807) is 0 Å². The molecule has 0 bridgehead atoms. The minimum absolute atomic E-state index is 1.14. The fraction of sp³-hybridized carbons (Fsp3) is 0.571. The first-order chi connectivity index (χ1) is 7.68. The Bertz CT molecular complexity index is 269. The molecule has 0 aromatic heterocycles. The van der Waals surface area contributed by atoms with E-state index in [9.17, 15) is 0 Å². The minimum atomic E-state index is 1.14. The van der Waals surface area contributed by atoms with Crippen molar-refractivity contribution in [3.8, 4) is 0 Å². The Hall–Kier alpha value is -0.860. The molecule has 16 heavy (non-hydrogen) atoms. The molecule has 0 fully saturated rings. The Labute approximate surface area is 99.9 Å². The molecule has 0 heterocycles. The summed E-state index contributed by atoms with van der Waals surface area (Å²) < 4.78 is 0. The fourth-order valence-corrected chi connectivity index (χ4v) is 1.68. The zero-order valence-electron chi connectivity index (χ0n) is 10.8. The summed E-state index contributed by atoms with van der Waals surface area (Å²) in [4.78, 5) is 4.64. The second kappa shape index (κ2) is 7.42. The molecule has 0 N–H and O–H groups in total. The molecule has 0 atom stereocenters. The zero-order chi connectivity index (χ0) is 11.8. The van der Waals surface area contributed by atoms with E-state index in [1.807, 2.05) is 0 Å². The third-order valence-corrected chi connectivity index (χ3v) is 2.78. The van der Waals surface area contributed by atoms with Crippen molar-refractivity contribution in [2.75, 3.05) is 40.8 Å². The molecule has 0 aliphatic carbocycles. The van der Waals surface area contributed by atoms with E-state index in [-0.39, 0.29) is 0 Å². The summed E-state index contributed by atoms with van der Waals surface area (Å²) in [5.41, 5.74) is 1.45. The van der Waals surface area contributed by atoms with Gasteiger partial charge in [-0.1, -0.05) is 30.3 Å². The van der Waals surface area contributed by atoms with E-state index in [2.05, 4.69) is 61.3 Å². The highest BCUT2D eigenvalue weighted by Crippen LogP contribution is 2.02. The first-order valence-electron chi connectivity index (χ1n) is 6.05. The van der Waals surface area contributed by atoms with Gasteiger partial charge in [-0.15, -0.1) is 0 Å². The minimum Gasteiger partial charge on any atom is -0.308 e. The molecule has 0 saturated carbocycles. The number of likely N-dealkylation sites (N-methyl/N-ethyl adjacent to an activating group) is 2. The van der Waals surface area contributed by atoms with Crippen molar-refractivity contribution in [1.82, 2.24) is 9.80 Å². The van der Waals surface area contributed by atoms with Crippen LogP contribution in [0.1, 0.15) is 12.0 Å². The lowest BCUT2D eigenvalue weighted by atomic mass is 10.1. The second-order valence-corrected chi connectivity index (χ2v) is 4.70. The number of rotatable bonds is 7. The molecule has 0 aliphatic heterocycles. The maximum absolute atomic E-state index is 2.41. The van der Waals surface area contributed by atoms with Gasteiger partial charge in [0.2, 0.25) is 0 Å². The normalized spacial score (nSPS) is 11.3. The SMILES string of the molecule is CN(C)CCN(C)CCCc1ccccc1. The summed E-state index contributed by atoms with van der Waals surface area (Å²) in [6, 6.07) is 10.7. The topological polar surface area (TPSA) is 6.48 Å². The summed E-state index contributed by atoms with van der Waals surface area (Å²) in [5.74, 6) is 0. The monoisotopic (exact) mass is 220 g/mol. The van der Waals surface area contributed by atoms with Crippen molar-refractivity contribution in [2.24, 2.45) is 0 Å². The van der Waals surface area contributed by atoms with Gasteiger partial charge in [0.25, 0.3) is 0 Å². The molecule has 2 heteroatoms. The molecule has 1 aromatic rings. The molecule has 0 saturated heterocycles. The van der Waals surface area contributed by atoms with Gasteiger partial charge < -0.3 is 9.80 Å². The number of hydrogen-bond donors (Lipinski definition) is 0. The number of benzene rings is 1. The molecule has 0 aliphatic rings. The summed E-state index contributed by atoms with van der Waals surface area (Å²) in [5, 5.41) is 0. The largest absolute Gasteiger partial charge is 0.308 e. The standard InChI is InChI=1S/C14H24N2/c1-15(2)12-13-16(3)11-7-10-14-8-5-4-6-9-14/h4-6,8-9H,7,10-13H2,1-3H3. The lowest BCUT2D eigenvalue weighted by molar-refractivity contribution is 0.280. The molecule has 0 spiro atoms. The van der Waals surface area contributed by atoms with Crippen LogP contribution in [0, 0.1) is 0 Å². The van der Waals surface area contributed by atoms with Crippen molar-refractivity contribution in [1.29, 1.82) is 0 Å². The van der Waals surface area contributed by atoms with Crippen LogP contribution in [0.2, 0.25) is 0 Å². The van der Waals surface area contributed by atoms with Crippen molar-refractivity contribution in [3.05, 3.63) is 35.9 Å². The summed E-state index contributed by atoms with van der Waals surface area (Å²) in [7, 11) is 6.45. The molecule has 1 rings (SSSR count). The Morgan fingerprint density at radius 2 is 1.56 bits per heavy atom. The van der Waals surface area contributed by atoms with Crippen LogP contribution in [-0.4, -0.2) is 50.6 Å². The molecule has 1 aromatic carbocycles. The summed E-state index contributed by atoms with van der Waals surface area (Å²) in [6.07, 6.45) is 2.43. The van der Waals surface area contributed by atoms with Crippen LogP contribution >= 0.6 is 0 Å². The summed E-state index contributed by atoms with van der Waals surface area (Å²) >= 11 is 0. The van der Waals surface area contributed by atoms with E-state index < -0.39 is 0 Å². The van der Waals surface area contributed by atoms with Crippen LogP contribution < -0.4 is 0 Å². The van der Waals surface area contributed by atoms with Gasteiger partial charge in [0.1, 0.15) is 0 Å². The Morgan fingerprint density at radius 3 is 2.19 bits per heavy atom. The van der Waals surface area contributed by atoms with Gasteiger partial charge in [-0.05, 0) is 46.1 Å². The first kappa shape index (κ1) is 13.2. The zero-order valence-corrected chi connectivity index (χ0v) is 10.8. The average molecular weight is 220 g/mol. The van der Waals surface area contributed by atoms with Gasteiger partial charge in [0.15, 0.2) is 0 Å². The van der Waals surface area contributed by atoms with Gasteiger partial charge in [-0.2, -0.15) is 0 Å². The number of aryl methyl sites for hydroxylation is 1. The highest BCUT2D eigenvalue weighted by molar-refractivity contribution is 5.14. The first-order valence-corrected chi connectivity index (χ1v) is 6.05. The number of hydrogen-bond acceptors (Lipinski definition) is 2. The van der Waals surface area contributed by atoms with Gasteiger partial charge >= 0.3 is 0 Å². The van der Waals surface area contributed by atoms with Gasteiger partial charge in [0, 0.05) is 13.1 Å². The van der Waals surface area contributed by atoms with Crippen molar-refractivity contribution in [2.45, 2.75) is 12.8 Å². The lowest BCUT2D eigenvalue weighted by Gasteiger charge is -2.19. The van der Waals surface area contributed by atoms with Crippen LogP contribution in [0.5, 0.6) is 0 Å². The van der Waals surface area contributed by atoms with Gasteiger partial charge in [-0.3, -0.25) is 0 Å². The van der Waals surface area contributed by atoms with E-state index in [0.717, 1.165) is 13.1 Å². The molecule has 0 unspecified atom stereocenters. The second-order valence-electron chi connectivity index (χ2n) is 4.70. The van der Waals surface area contributed by atoms with E-state index in [0.29, 0.717) is 0 Å². The average Bonchev–Trinajstić information content (AvgIpc) is 2.28. The smallest absolute Gasteiger partial charge is 0.0106 e. The predicted octanol–water partition coefficient (Wildman–Crippen LogP) is 2.11. The van der Waals surface area contributed by atoms with Crippen LogP contribution in [0.25, 0.3) is 0 Å².